The third kappa shape index (κ3) is 5.92. The molecule has 1 aromatic heterocycles. The summed E-state index contributed by atoms with van der Waals surface area (Å²) in [5, 5.41) is 12.3. The van der Waals surface area contributed by atoms with E-state index in [0.29, 0.717) is 29.6 Å². The molecule has 148 valence electrons. The molecule has 1 heterocycles. The minimum Gasteiger partial charge on any atom is -0.486 e. The molecule has 27 heavy (non-hydrogen) atoms. The lowest BCUT2D eigenvalue weighted by Gasteiger charge is -2.31. The molecule has 2 rings (SSSR count). The Bertz CT molecular complexity index is 763. The molecule has 0 unspecified atom stereocenters. The summed E-state index contributed by atoms with van der Waals surface area (Å²) in [4.78, 5) is 18.9. The molecule has 0 saturated heterocycles. The van der Waals surface area contributed by atoms with Crippen molar-refractivity contribution in [1.82, 2.24) is 9.88 Å². The van der Waals surface area contributed by atoms with Gasteiger partial charge in [0.15, 0.2) is 0 Å². The lowest BCUT2D eigenvalue weighted by molar-refractivity contribution is -0.137. The Kier molecular flexibility index (Phi) is 8.07. The van der Waals surface area contributed by atoms with Crippen molar-refractivity contribution in [2.24, 2.45) is 5.92 Å². The summed E-state index contributed by atoms with van der Waals surface area (Å²) in [7, 11) is 0. The lowest BCUT2D eigenvalue weighted by atomic mass is 10.1. The average Bonchev–Trinajstić information content (AvgIpc) is 3.12. The quantitative estimate of drug-likeness (QED) is 0.653. The van der Waals surface area contributed by atoms with Crippen LogP contribution in [0.5, 0.6) is 5.75 Å². The van der Waals surface area contributed by atoms with Crippen molar-refractivity contribution in [1.29, 1.82) is 0 Å². The van der Waals surface area contributed by atoms with Gasteiger partial charge in [-0.15, -0.1) is 11.3 Å². The van der Waals surface area contributed by atoms with Crippen LogP contribution in [0, 0.1) is 5.92 Å². The second-order valence-corrected chi connectivity index (χ2v) is 8.19. The fourth-order valence-electron chi connectivity index (χ4n) is 2.63. The van der Waals surface area contributed by atoms with Crippen molar-refractivity contribution < 1.29 is 14.6 Å². The van der Waals surface area contributed by atoms with E-state index in [1.54, 1.807) is 6.07 Å². The van der Waals surface area contributed by atoms with Crippen molar-refractivity contribution >= 4 is 28.8 Å². The standard InChI is InChI=1S/C20H27ClN2O3S/c1-5-14(4)23(20(25)13(2)3)9-15-8-16(21)6-7-18(15)26-11-19-22-17(10-24)12-27-19/h6-8,12-14,24H,5,9-11H2,1-4H3/t14-/m0/s1. The minimum absolute atomic E-state index is 0.0743. The fourth-order valence-corrected chi connectivity index (χ4v) is 3.52. The number of hydrogen-bond donors (Lipinski definition) is 1. The predicted molar refractivity (Wildman–Crippen MR) is 109 cm³/mol. The highest BCUT2D eigenvalue weighted by molar-refractivity contribution is 7.09. The van der Waals surface area contributed by atoms with Gasteiger partial charge in [-0.1, -0.05) is 32.4 Å². The van der Waals surface area contributed by atoms with Crippen LogP contribution in [0.25, 0.3) is 0 Å². The van der Waals surface area contributed by atoms with Gasteiger partial charge in [-0.2, -0.15) is 0 Å². The molecule has 1 aromatic carbocycles. The molecular formula is C20H27ClN2O3S. The Morgan fingerprint density at radius 2 is 2.11 bits per heavy atom. The van der Waals surface area contributed by atoms with Gasteiger partial charge in [0.1, 0.15) is 17.4 Å². The maximum atomic E-state index is 12.7. The number of aliphatic hydroxyl groups excluding tert-OH is 1. The monoisotopic (exact) mass is 410 g/mol. The van der Waals surface area contributed by atoms with E-state index in [0.717, 1.165) is 17.0 Å². The molecule has 2 aromatic rings. The molecule has 0 fully saturated rings. The van der Waals surface area contributed by atoms with Gasteiger partial charge in [0.05, 0.1) is 12.3 Å². The lowest BCUT2D eigenvalue weighted by Crippen LogP contribution is -2.40. The van der Waals surface area contributed by atoms with Crippen molar-refractivity contribution in [3.63, 3.8) is 0 Å². The zero-order valence-electron chi connectivity index (χ0n) is 16.2. The first kappa shape index (κ1) is 21.7. The summed E-state index contributed by atoms with van der Waals surface area (Å²) in [6.07, 6.45) is 0.873. The Morgan fingerprint density at radius 3 is 2.70 bits per heavy atom. The Balaban J connectivity index is 2.21. The van der Waals surface area contributed by atoms with Gasteiger partial charge in [-0.3, -0.25) is 4.79 Å². The number of thiazole rings is 1. The zero-order chi connectivity index (χ0) is 20.0. The van der Waals surface area contributed by atoms with Crippen LogP contribution >= 0.6 is 22.9 Å². The van der Waals surface area contributed by atoms with Crippen LogP contribution in [0.3, 0.4) is 0 Å². The molecule has 5 nitrogen and oxygen atoms in total. The summed E-state index contributed by atoms with van der Waals surface area (Å²) in [5.41, 5.74) is 1.51. The van der Waals surface area contributed by atoms with E-state index in [1.165, 1.54) is 11.3 Å². The first-order valence-electron chi connectivity index (χ1n) is 9.11. The summed E-state index contributed by atoms with van der Waals surface area (Å²) in [6.45, 7) is 8.62. The largest absolute Gasteiger partial charge is 0.486 e. The van der Waals surface area contributed by atoms with Crippen LogP contribution < -0.4 is 4.74 Å². The fraction of sp³-hybridized carbons (Fsp3) is 0.500. The number of nitrogens with zero attached hydrogens (tertiary/aromatic N) is 2. The van der Waals surface area contributed by atoms with Crippen molar-refractivity contribution in [3.05, 3.63) is 44.9 Å². The number of aliphatic hydroxyl groups is 1. The first-order chi connectivity index (χ1) is 12.8. The van der Waals surface area contributed by atoms with Gasteiger partial charge in [-0.05, 0) is 31.5 Å². The summed E-state index contributed by atoms with van der Waals surface area (Å²) >= 11 is 7.64. The number of hydrogen-bond acceptors (Lipinski definition) is 5. The zero-order valence-corrected chi connectivity index (χ0v) is 17.8. The predicted octanol–water partition coefficient (Wildman–Crippen LogP) is 4.65. The van der Waals surface area contributed by atoms with E-state index in [-0.39, 0.29) is 24.5 Å². The van der Waals surface area contributed by atoms with Crippen molar-refractivity contribution in [3.8, 4) is 5.75 Å². The van der Waals surface area contributed by atoms with Crippen LogP contribution in [-0.4, -0.2) is 26.9 Å². The number of carbonyl (C=O) groups is 1. The van der Waals surface area contributed by atoms with E-state index in [2.05, 4.69) is 18.8 Å². The molecule has 0 bridgehead atoms. The van der Waals surface area contributed by atoms with Crippen LogP contribution in [0.1, 0.15) is 50.4 Å². The summed E-state index contributed by atoms with van der Waals surface area (Å²) in [5.74, 6) is 0.725. The van der Waals surface area contributed by atoms with E-state index in [1.807, 2.05) is 36.3 Å². The van der Waals surface area contributed by atoms with Crippen LogP contribution in [0.2, 0.25) is 5.02 Å². The molecule has 1 N–H and O–H groups in total. The Labute approximate surface area is 169 Å². The maximum Gasteiger partial charge on any atom is 0.225 e. The molecule has 0 aliphatic carbocycles. The highest BCUT2D eigenvalue weighted by Crippen LogP contribution is 2.27. The number of amides is 1. The van der Waals surface area contributed by atoms with Gasteiger partial charge in [-0.25, -0.2) is 4.98 Å². The highest BCUT2D eigenvalue weighted by atomic mass is 35.5. The molecule has 0 aliphatic heterocycles. The molecule has 0 saturated carbocycles. The first-order valence-corrected chi connectivity index (χ1v) is 10.4. The average molecular weight is 411 g/mol. The SMILES string of the molecule is CC[C@H](C)N(Cc1cc(Cl)ccc1OCc1nc(CO)cs1)C(=O)C(C)C. The van der Waals surface area contributed by atoms with Crippen molar-refractivity contribution in [2.75, 3.05) is 0 Å². The smallest absolute Gasteiger partial charge is 0.225 e. The van der Waals surface area contributed by atoms with Crippen LogP contribution in [-0.2, 0) is 24.6 Å². The van der Waals surface area contributed by atoms with E-state index in [4.69, 9.17) is 21.4 Å². The van der Waals surface area contributed by atoms with E-state index < -0.39 is 0 Å². The maximum absolute atomic E-state index is 12.7. The van der Waals surface area contributed by atoms with Crippen LogP contribution in [0.4, 0.5) is 0 Å². The van der Waals surface area contributed by atoms with Gasteiger partial charge in [0, 0.05) is 34.5 Å². The van der Waals surface area contributed by atoms with E-state index in [9.17, 15) is 4.79 Å². The molecule has 7 heteroatoms. The molecule has 0 spiro atoms. The highest BCUT2D eigenvalue weighted by Gasteiger charge is 2.23. The normalized spacial score (nSPS) is 12.3. The molecule has 1 atom stereocenters. The van der Waals surface area contributed by atoms with Gasteiger partial charge >= 0.3 is 0 Å². The van der Waals surface area contributed by atoms with E-state index >= 15 is 0 Å². The second-order valence-electron chi connectivity index (χ2n) is 6.81. The molecule has 0 aliphatic rings. The number of ether oxygens (including phenoxy) is 1. The number of aromatic nitrogens is 1. The topological polar surface area (TPSA) is 62.7 Å². The third-order valence-electron chi connectivity index (χ3n) is 4.38. The third-order valence-corrected chi connectivity index (χ3v) is 5.48. The summed E-state index contributed by atoms with van der Waals surface area (Å²) < 4.78 is 5.96. The minimum atomic E-state index is -0.0795. The van der Waals surface area contributed by atoms with Gasteiger partial charge < -0.3 is 14.7 Å². The Hall–Kier alpha value is -1.63. The molecular weight excluding hydrogens is 384 g/mol. The Morgan fingerprint density at radius 1 is 1.37 bits per heavy atom. The van der Waals surface area contributed by atoms with Gasteiger partial charge in [0.25, 0.3) is 0 Å². The number of rotatable bonds is 9. The summed E-state index contributed by atoms with van der Waals surface area (Å²) in [6, 6.07) is 5.57. The number of benzene rings is 1. The van der Waals surface area contributed by atoms with Crippen LogP contribution in [0.15, 0.2) is 23.6 Å². The number of halogens is 1. The molecule has 1 amide bonds. The van der Waals surface area contributed by atoms with Crippen molar-refractivity contribution in [2.45, 2.75) is 59.9 Å². The number of carbonyl (C=O) groups excluding carboxylic acids is 1. The second kappa shape index (κ2) is 10.1. The van der Waals surface area contributed by atoms with Gasteiger partial charge in [0.2, 0.25) is 5.91 Å². The molecule has 0 radical (unpaired) electrons.